The fraction of sp³-hybridized carbons (Fsp3) is 0.714. The molecule has 0 spiro atoms. The Kier molecular flexibility index (Phi) is 5.50. The molecular formula is C14H22O. The maximum atomic E-state index is 5.83. The van der Waals surface area contributed by atoms with Crippen molar-refractivity contribution in [2.45, 2.75) is 57.5 Å². The van der Waals surface area contributed by atoms with Crippen molar-refractivity contribution in [3.63, 3.8) is 0 Å². The van der Waals surface area contributed by atoms with Gasteiger partial charge in [-0.3, -0.25) is 0 Å². The third-order valence-corrected chi connectivity index (χ3v) is 2.86. The molecule has 0 aliphatic heterocycles. The molecule has 0 aromatic rings. The highest BCUT2D eigenvalue weighted by Crippen LogP contribution is 2.32. The van der Waals surface area contributed by atoms with Gasteiger partial charge >= 0.3 is 0 Å². The van der Waals surface area contributed by atoms with E-state index in [9.17, 15) is 0 Å². The van der Waals surface area contributed by atoms with Gasteiger partial charge in [-0.15, -0.1) is 12.5 Å². The highest BCUT2D eigenvalue weighted by Gasteiger charge is 2.32. The van der Waals surface area contributed by atoms with Gasteiger partial charge in [0.15, 0.2) is 0 Å². The number of ether oxygens (including phenoxy) is 1. The first kappa shape index (κ1) is 12.3. The van der Waals surface area contributed by atoms with Gasteiger partial charge in [-0.1, -0.05) is 25.3 Å². The predicted molar refractivity (Wildman–Crippen MR) is 64.6 cm³/mol. The normalized spacial score (nSPS) is 18.2. The number of hydrogen-bond acceptors (Lipinski definition) is 1. The summed E-state index contributed by atoms with van der Waals surface area (Å²) in [4.78, 5) is 0. The minimum atomic E-state index is -0.137. The minimum Gasteiger partial charge on any atom is -0.358 e. The average Bonchev–Trinajstić information content (AvgIpc) is 2.71. The summed E-state index contributed by atoms with van der Waals surface area (Å²) in [5, 5.41) is 0. The van der Waals surface area contributed by atoms with Crippen LogP contribution in [0.3, 0.4) is 0 Å². The lowest BCUT2D eigenvalue weighted by Gasteiger charge is -2.22. The van der Waals surface area contributed by atoms with E-state index in [4.69, 9.17) is 4.74 Å². The largest absolute Gasteiger partial charge is 0.358 e. The van der Waals surface area contributed by atoms with Gasteiger partial charge in [0.1, 0.15) is 5.60 Å². The molecule has 0 atom stereocenters. The summed E-state index contributed by atoms with van der Waals surface area (Å²) in [5.74, 6) is 6.61. The van der Waals surface area contributed by atoms with E-state index in [0.29, 0.717) is 6.61 Å². The van der Waals surface area contributed by atoms with Crippen LogP contribution in [0.15, 0.2) is 12.7 Å². The molecule has 1 aliphatic rings. The second-order valence-electron chi connectivity index (χ2n) is 4.21. The van der Waals surface area contributed by atoms with Gasteiger partial charge in [0.2, 0.25) is 0 Å². The SMILES string of the molecule is C=CCOC1(C#CCCCC)CCCC1. The van der Waals surface area contributed by atoms with Gasteiger partial charge in [-0.05, 0) is 32.1 Å². The van der Waals surface area contributed by atoms with Crippen LogP contribution in [0.1, 0.15) is 51.9 Å². The van der Waals surface area contributed by atoms with Crippen LogP contribution in [0, 0.1) is 11.8 Å². The average molecular weight is 206 g/mol. The van der Waals surface area contributed by atoms with Crippen LogP contribution in [-0.4, -0.2) is 12.2 Å². The summed E-state index contributed by atoms with van der Waals surface area (Å²) in [6.45, 7) is 6.51. The van der Waals surface area contributed by atoms with E-state index in [1.165, 1.54) is 25.7 Å². The van der Waals surface area contributed by atoms with E-state index in [0.717, 1.165) is 19.3 Å². The fourth-order valence-electron chi connectivity index (χ4n) is 1.96. The van der Waals surface area contributed by atoms with Crippen LogP contribution >= 0.6 is 0 Å². The number of unbranched alkanes of at least 4 members (excludes halogenated alkanes) is 2. The van der Waals surface area contributed by atoms with Gasteiger partial charge in [-0.2, -0.15) is 0 Å². The van der Waals surface area contributed by atoms with Crippen molar-refractivity contribution in [3.05, 3.63) is 12.7 Å². The lowest BCUT2D eigenvalue weighted by atomic mass is 10.0. The van der Waals surface area contributed by atoms with E-state index in [2.05, 4.69) is 25.3 Å². The van der Waals surface area contributed by atoms with Crippen LogP contribution in [0.4, 0.5) is 0 Å². The Hall–Kier alpha value is -0.740. The van der Waals surface area contributed by atoms with Crippen LogP contribution in [-0.2, 0) is 4.74 Å². The lowest BCUT2D eigenvalue weighted by molar-refractivity contribution is 0.0225. The van der Waals surface area contributed by atoms with Crippen molar-refractivity contribution >= 4 is 0 Å². The molecule has 1 saturated carbocycles. The highest BCUT2D eigenvalue weighted by molar-refractivity contribution is 5.16. The summed E-state index contributed by atoms with van der Waals surface area (Å²) in [7, 11) is 0. The molecule has 0 saturated heterocycles. The minimum absolute atomic E-state index is 0.137. The lowest BCUT2D eigenvalue weighted by Crippen LogP contribution is -2.26. The molecular weight excluding hydrogens is 184 g/mol. The van der Waals surface area contributed by atoms with Gasteiger partial charge in [0.25, 0.3) is 0 Å². The van der Waals surface area contributed by atoms with E-state index in [1.54, 1.807) is 0 Å². The molecule has 0 amide bonds. The van der Waals surface area contributed by atoms with Crippen molar-refractivity contribution in [3.8, 4) is 11.8 Å². The van der Waals surface area contributed by atoms with Crippen LogP contribution in [0.25, 0.3) is 0 Å². The van der Waals surface area contributed by atoms with Crippen LogP contribution in [0.5, 0.6) is 0 Å². The van der Waals surface area contributed by atoms with Crippen molar-refractivity contribution < 1.29 is 4.74 Å². The monoisotopic (exact) mass is 206 g/mol. The van der Waals surface area contributed by atoms with Gasteiger partial charge in [-0.25, -0.2) is 0 Å². The van der Waals surface area contributed by atoms with Crippen LogP contribution in [0.2, 0.25) is 0 Å². The summed E-state index contributed by atoms with van der Waals surface area (Å²) in [6.07, 6.45) is 9.93. The first-order chi connectivity index (χ1) is 7.33. The topological polar surface area (TPSA) is 9.23 Å². The molecule has 1 aliphatic carbocycles. The summed E-state index contributed by atoms with van der Waals surface area (Å²) >= 11 is 0. The first-order valence-corrected chi connectivity index (χ1v) is 6.08. The van der Waals surface area contributed by atoms with Gasteiger partial charge < -0.3 is 4.74 Å². The fourth-order valence-corrected chi connectivity index (χ4v) is 1.96. The van der Waals surface area contributed by atoms with Crippen molar-refractivity contribution in [2.75, 3.05) is 6.61 Å². The van der Waals surface area contributed by atoms with E-state index >= 15 is 0 Å². The predicted octanol–water partition coefficient (Wildman–Crippen LogP) is 3.70. The Morgan fingerprint density at radius 2 is 2.13 bits per heavy atom. The molecule has 1 rings (SSSR count). The maximum absolute atomic E-state index is 5.83. The van der Waals surface area contributed by atoms with E-state index < -0.39 is 0 Å². The zero-order chi connectivity index (χ0) is 11.0. The molecule has 0 bridgehead atoms. The summed E-state index contributed by atoms with van der Waals surface area (Å²) in [6, 6.07) is 0. The third kappa shape index (κ3) is 4.10. The second kappa shape index (κ2) is 6.69. The highest BCUT2D eigenvalue weighted by atomic mass is 16.5. The molecule has 0 N–H and O–H groups in total. The maximum Gasteiger partial charge on any atom is 0.129 e. The Morgan fingerprint density at radius 1 is 1.40 bits per heavy atom. The van der Waals surface area contributed by atoms with E-state index in [-0.39, 0.29) is 5.60 Å². The zero-order valence-electron chi connectivity index (χ0n) is 9.85. The molecule has 15 heavy (non-hydrogen) atoms. The Morgan fingerprint density at radius 3 is 2.73 bits per heavy atom. The molecule has 0 unspecified atom stereocenters. The van der Waals surface area contributed by atoms with E-state index in [1.807, 2.05) is 6.08 Å². The van der Waals surface area contributed by atoms with Crippen molar-refractivity contribution in [1.82, 2.24) is 0 Å². The van der Waals surface area contributed by atoms with Crippen molar-refractivity contribution in [1.29, 1.82) is 0 Å². The molecule has 1 heteroatoms. The molecule has 84 valence electrons. The van der Waals surface area contributed by atoms with Crippen LogP contribution < -0.4 is 0 Å². The Bertz CT molecular complexity index is 238. The molecule has 0 aromatic carbocycles. The third-order valence-electron chi connectivity index (χ3n) is 2.86. The quantitative estimate of drug-likeness (QED) is 0.378. The zero-order valence-corrected chi connectivity index (χ0v) is 9.85. The Labute approximate surface area is 93.9 Å². The smallest absolute Gasteiger partial charge is 0.129 e. The molecule has 0 aromatic heterocycles. The molecule has 1 nitrogen and oxygen atoms in total. The van der Waals surface area contributed by atoms with Gasteiger partial charge in [0, 0.05) is 6.42 Å². The molecule has 0 heterocycles. The number of rotatable bonds is 5. The van der Waals surface area contributed by atoms with Gasteiger partial charge in [0.05, 0.1) is 6.61 Å². The summed E-state index contributed by atoms with van der Waals surface area (Å²) in [5.41, 5.74) is -0.137. The molecule has 0 radical (unpaired) electrons. The Balaban J connectivity index is 2.47. The van der Waals surface area contributed by atoms with Crippen molar-refractivity contribution in [2.24, 2.45) is 0 Å². The first-order valence-electron chi connectivity index (χ1n) is 6.08. The second-order valence-corrected chi connectivity index (χ2v) is 4.21. The summed E-state index contributed by atoms with van der Waals surface area (Å²) < 4.78 is 5.83. The number of hydrogen-bond donors (Lipinski definition) is 0. The molecule has 1 fully saturated rings. The standard InChI is InChI=1S/C14H22O/c1-3-5-6-7-10-14(15-13-4-2)11-8-9-12-14/h4H,2-3,5-6,8-9,11-13H2,1H3.